The molecule has 0 aliphatic carbocycles. The van der Waals surface area contributed by atoms with E-state index in [1.54, 1.807) is 11.3 Å². The van der Waals surface area contributed by atoms with Crippen molar-refractivity contribution in [3.8, 4) is 0 Å². The minimum atomic E-state index is -4.36. The maximum Gasteiger partial charge on any atom is 0.416 e. The van der Waals surface area contributed by atoms with Crippen molar-refractivity contribution in [1.82, 2.24) is 9.80 Å². The lowest BCUT2D eigenvalue weighted by molar-refractivity contribution is -0.137. The smallest absolute Gasteiger partial charge is 0.333 e. The zero-order chi connectivity index (χ0) is 19.7. The molecular weight excluding hydrogens is 421 g/mol. The van der Waals surface area contributed by atoms with Gasteiger partial charge in [0.1, 0.15) is 0 Å². The molecule has 0 N–H and O–H groups in total. The van der Waals surface area contributed by atoms with Crippen LogP contribution in [0, 0.1) is 0 Å². The van der Waals surface area contributed by atoms with Crippen LogP contribution in [0.2, 0.25) is 0 Å². The third-order valence-electron chi connectivity index (χ3n) is 5.67. The molecule has 0 radical (unpaired) electrons. The SMILES string of the molecule is Cl.O=C(Cc1ccc(C(F)(F)F)cc1)N1CCc2ccsc2C1CN1CCCC1. The zero-order valence-corrected chi connectivity index (χ0v) is 17.6. The molecule has 1 unspecified atom stereocenters. The van der Waals surface area contributed by atoms with E-state index < -0.39 is 11.7 Å². The van der Waals surface area contributed by atoms with Crippen LogP contribution in [0.25, 0.3) is 0 Å². The largest absolute Gasteiger partial charge is 0.416 e. The van der Waals surface area contributed by atoms with Gasteiger partial charge in [0.05, 0.1) is 18.0 Å². The number of rotatable bonds is 4. The van der Waals surface area contributed by atoms with E-state index in [9.17, 15) is 18.0 Å². The molecule has 1 aromatic heterocycles. The number of halogens is 4. The van der Waals surface area contributed by atoms with E-state index >= 15 is 0 Å². The molecule has 29 heavy (non-hydrogen) atoms. The fraction of sp³-hybridized carbons (Fsp3) is 0.476. The number of amides is 1. The van der Waals surface area contributed by atoms with Crippen LogP contribution >= 0.6 is 23.7 Å². The molecule has 0 spiro atoms. The molecule has 2 aliphatic rings. The number of nitrogens with zero attached hydrogens (tertiary/aromatic N) is 2. The Morgan fingerprint density at radius 3 is 2.41 bits per heavy atom. The van der Waals surface area contributed by atoms with Gasteiger partial charge in [0, 0.05) is 18.0 Å². The minimum Gasteiger partial charge on any atom is -0.333 e. The van der Waals surface area contributed by atoms with Gasteiger partial charge in [-0.15, -0.1) is 23.7 Å². The van der Waals surface area contributed by atoms with Gasteiger partial charge in [-0.1, -0.05) is 12.1 Å². The Morgan fingerprint density at radius 2 is 1.76 bits per heavy atom. The van der Waals surface area contributed by atoms with E-state index in [2.05, 4.69) is 16.3 Å². The molecule has 2 aromatic rings. The third kappa shape index (κ3) is 4.95. The average Bonchev–Trinajstić information content (AvgIpc) is 3.33. The number of hydrogen-bond donors (Lipinski definition) is 0. The number of thiophene rings is 1. The number of fused-ring (bicyclic) bond motifs is 1. The fourth-order valence-electron chi connectivity index (χ4n) is 4.16. The summed E-state index contributed by atoms with van der Waals surface area (Å²) in [6.45, 7) is 3.64. The number of alkyl halides is 3. The number of carbonyl (C=O) groups excluding carboxylic acids is 1. The molecule has 0 bridgehead atoms. The standard InChI is InChI=1S/C21H23F3N2OS.ClH/c22-21(23,24)17-5-3-15(4-6-17)13-19(27)26-11-7-16-8-12-28-20(16)18(26)14-25-9-1-2-10-25;/h3-6,8,12,18H,1-2,7,9-11,13-14H2;1H. The van der Waals surface area contributed by atoms with Crippen molar-refractivity contribution in [3.05, 3.63) is 57.3 Å². The summed E-state index contributed by atoms with van der Waals surface area (Å²) in [5, 5.41) is 2.09. The van der Waals surface area contributed by atoms with Crippen LogP contribution in [0.15, 0.2) is 35.7 Å². The molecule has 0 saturated carbocycles. The van der Waals surface area contributed by atoms with E-state index in [0.717, 1.165) is 38.2 Å². The first-order valence-electron chi connectivity index (χ1n) is 9.66. The van der Waals surface area contributed by atoms with Gasteiger partial charge in [-0.2, -0.15) is 13.2 Å². The Hall–Kier alpha value is -1.57. The van der Waals surface area contributed by atoms with E-state index in [0.29, 0.717) is 12.1 Å². The van der Waals surface area contributed by atoms with E-state index in [1.165, 1.54) is 35.4 Å². The zero-order valence-electron chi connectivity index (χ0n) is 16.0. The Morgan fingerprint density at radius 1 is 1.07 bits per heavy atom. The molecule has 1 atom stereocenters. The van der Waals surface area contributed by atoms with Crippen LogP contribution in [0.1, 0.15) is 40.5 Å². The van der Waals surface area contributed by atoms with Gasteiger partial charge in [-0.3, -0.25) is 4.79 Å². The van der Waals surface area contributed by atoms with Crippen molar-refractivity contribution in [1.29, 1.82) is 0 Å². The van der Waals surface area contributed by atoms with Gasteiger partial charge in [-0.05, 0) is 67.1 Å². The first-order chi connectivity index (χ1) is 13.4. The van der Waals surface area contributed by atoms with Crippen molar-refractivity contribution in [3.63, 3.8) is 0 Å². The molecule has 3 nitrogen and oxygen atoms in total. The number of likely N-dealkylation sites (tertiary alicyclic amines) is 1. The third-order valence-corrected chi connectivity index (χ3v) is 6.73. The van der Waals surface area contributed by atoms with Gasteiger partial charge >= 0.3 is 6.18 Å². The summed E-state index contributed by atoms with van der Waals surface area (Å²) in [6.07, 6.45) is -0.984. The molecule has 1 aromatic carbocycles. The first-order valence-corrected chi connectivity index (χ1v) is 10.5. The summed E-state index contributed by atoms with van der Waals surface area (Å²) in [4.78, 5) is 18.7. The summed E-state index contributed by atoms with van der Waals surface area (Å²) in [7, 11) is 0. The van der Waals surface area contributed by atoms with Crippen LogP contribution < -0.4 is 0 Å². The van der Waals surface area contributed by atoms with Crippen LogP contribution in [-0.2, 0) is 23.8 Å². The maximum absolute atomic E-state index is 13.1. The lowest BCUT2D eigenvalue weighted by Gasteiger charge is -2.38. The van der Waals surface area contributed by atoms with Gasteiger partial charge in [0.2, 0.25) is 5.91 Å². The van der Waals surface area contributed by atoms with Crippen molar-refractivity contribution in [2.75, 3.05) is 26.2 Å². The highest BCUT2D eigenvalue weighted by Crippen LogP contribution is 2.36. The molecule has 4 rings (SSSR count). The molecule has 8 heteroatoms. The average molecular weight is 445 g/mol. The quantitative estimate of drug-likeness (QED) is 0.666. The molecule has 1 saturated heterocycles. The van der Waals surface area contributed by atoms with Gasteiger partial charge in [0.25, 0.3) is 0 Å². The predicted octanol–water partition coefficient (Wildman–Crippen LogP) is 4.95. The Labute approximate surface area is 178 Å². The molecule has 1 fully saturated rings. The van der Waals surface area contributed by atoms with Gasteiger partial charge in [0.15, 0.2) is 0 Å². The minimum absolute atomic E-state index is 0. The van der Waals surface area contributed by atoms with Crippen LogP contribution in [0.5, 0.6) is 0 Å². The van der Waals surface area contributed by atoms with E-state index in [4.69, 9.17) is 0 Å². The Kier molecular flexibility index (Phi) is 6.91. The number of carbonyl (C=O) groups is 1. The number of benzene rings is 1. The highest BCUT2D eigenvalue weighted by molar-refractivity contribution is 7.10. The summed E-state index contributed by atoms with van der Waals surface area (Å²) in [5.74, 6) is -0.0111. The monoisotopic (exact) mass is 444 g/mol. The summed E-state index contributed by atoms with van der Waals surface area (Å²) < 4.78 is 38.2. The molecule has 1 amide bonds. The van der Waals surface area contributed by atoms with Crippen LogP contribution in [0.4, 0.5) is 13.2 Å². The van der Waals surface area contributed by atoms with Crippen molar-refractivity contribution >= 4 is 29.7 Å². The molecule has 2 aliphatic heterocycles. The predicted molar refractivity (Wildman–Crippen MR) is 111 cm³/mol. The summed E-state index contributed by atoms with van der Waals surface area (Å²) >= 11 is 1.70. The Bertz CT molecular complexity index is 831. The van der Waals surface area contributed by atoms with E-state index in [-0.39, 0.29) is 30.8 Å². The second-order valence-corrected chi connectivity index (χ2v) is 8.49. The van der Waals surface area contributed by atoms with Crippen molar-refractivity contribution in [2.24, 2.45) is 0 Å². The van der Waals surface area contributed by atoms with Gasteiger partial charge in [-0.25, -0.2) is 0 Å². The van der Waals surface area contributed by atoms with Crippen LogP contribution in [0.3, 0.4) is 0 Å². The lowest BCUT2D eigenvalue weighted by Crippen LogP contribution is -2.44. The highest BCUT2D eigenvalue weighted by atomic mass is 35.5. The fourth-order valence-corrected chi connectivity index (χ4v) is 5.22. The molecule has 158 valence electrons. The maximum atomic E-state index is 13.1. The van der Waals surface area contributed by atoms with E-state index in [1.807, 2.05) is 4.90 Å². The van der Waals surface area contributed by atoms with Gasteiger partial charge < -0.3 is 9.80 Å². The van der Waals surface area contributed by atoms with Crippen molar-refractivity contribution in [2.45, 2.75) is 37.9 Å². The molecular formula is C21H24ClF3N2OS. The highest BCUT2D eigenvalue weighted by Gasteiger charge is 2.34. The summed E-state index contributed by atoms with van der Waals surface area (Å²) in [5.41, 5.74) is 1.26. The number of hydrogen-bond acceptors (Lipinski definition) is 3. The van der Waals surface area contributed by atoms with Crippen LogP contribution in [-0.4, -0.2) is 41.9 Å². The van der Waals surface area contributed by atoms with Crippen molar-refractivity contribution < 1.29 is 18.0 Å². The first kappa shape index (κ1) is 22.1. The second-order valence-electron chi connectivity index (χ2n) is 7.54. The topological polar surface area (TPSA) is 23.6 Å². The summed E-state index contributed by atoms with van der Waals surface area (Å²) in [6, 6.07) is 7.13. The Balaban J connectivity index is 0.00000240. The normalized spacial score (nSPS) is 19.7. The second kappa shape index (κ2) is 9.06. The molecule has 3 heterocycles. The lowest BCUT2D eigenvalue weighted by atomic mass is 9.99.